The minimum absolute atomic E-state index is 0.0399. The van der Waals surface area contributed by atoms with E-state index >= 15 is 0 Å². The second-order valence-electron chi connectivity index (χ2n) is 2.72. The summed E-state index contributed by atoms with van der Waals surface area (Å²) in [5.74, 6) is -1.87. The molecule has 0 aliphatic carbocycles. The van der Waals surface area contributed by atoms with Gasteiger partial charge in [0.25, 0.3) is 0 Å². The molecule has 0 fully saturated rings. The Morgan fingerprint density at radius 1 is 1.31 bits per heavy atom. The van der Waals surface area contributed by atoms with Gasteiger partial charge in [-0.25, -0.2) is 4.79 Å². The summed E-state index contributed by atoms with van der Waals surface area (Å²) in [5.41, 5.74) is 5.77. The Morgan fingerprint density at radius 2 is 1.92 bits per heavy atom. The van der Waals surface area contributed by atoms with Gasteiger partial charge < -0.3 is 10.8 Å². The van der Waals surface area contributed by atoms with Crippen molar-refractivity contribution in [2.45, 2.75) is 6.92 Å². The van der Waals surface area contributed by atoms with E-state index in [-0.39, 0.29) is 11.1 Å². The zero-order valence-electron chi connectivity index (χ0n) is 7.07. The number of benzene rings is 1. The summed E-state index contributed by atoms with van der Waals surface area (Å²) >= 11 is 0. The number of nitrogens with two attached hydrogens (primary N) is 1. The van der Waals surface area contributed by atoms with E-state index in [1.54, 1.807) is 13.0 Å². The lowest BCUT2D eigenvalue weighted by atomic mass is 10.0. The number of aromatic carboxylic acids is 1. The van der Waals surface area contributed by atoms with Crippen molar-refractivity contribution in [1.29, 1.82) is 0 Å². The average molecular weight is 179 g/mol. The summed E-state index contributed by atoms with van der Waals surface area (Å²) in [5, 5.41) is 8.73. The van der Waals surface area contributed by atoms with Crippen LogP contribution in [0.5, 0.6) is 0 Å². The molecule has 68 valence electrons. The molecule has 1 rings (SSSR count). The van der Waals surface area contributed by atoms with E-state index in [9.17, 15) is 9.59 Å². The van der Waals surface area contributed by atoms with E-state index in [4.69, 9.17) is 10.8 Å². The zero-order chi connectivity index (χ0) is 10.0. The van der Waals surface area contributed by atoms with Crippen LogP contribution in [0.1, 0.15) is 26.3 Å². The van der Waals surface area contributed by atoms with Gasteiger partial charge in [0.2, 0.25) is 5.91 Å². The number of primary amides is 1. The topological polar surface area (TPSA) is 80.4 Å². The van der Waals surface area contributed by atoms with Crippen LogP contribution >= 0.6 is 0 Å². The third-order valence-corrected chi connectivity index (χ3v) is 1.67. The Balaban J connectivity index is 3.35. The van der Waals surface area contributed by atoms with E-state index in [1.807, 2.05) is 0 Å². The van der Waals surface area contributed by atoms with Crippen molar-refractivity contribution >= 4 is 11.9 Å². The highest BCUT2D eigenvalue weighted by molar-refractivity contribution is 6.04. The normalized spacial score (nSPS) is 9.62. The smallest absolute Gasteiger partial charge is 0.336 e. The van der Waals surface area contributed by atoms with Gasteiger partial charge in [0.1, 0.15) is 0 Å². The second-order valence-corrected chi connectivity index (χ2v) is 2.72. The van der Waals surface area contributed by atoms with Gasteiger partial charge in [-0.1, -0.05) is 11.6 Å². The molecular formula is C9H9NO3. The maximum atomic E-state index is 10.8. The maximum absolute atomic E-state index is 10.8. The number of carbonyl (C=O) groups excluding carboxylic acids is 1. The first-order valence-corrected chi connectivity index (χ1v) is 3.66. The predicted molar refractivity (Wildman–Crippen MR) is 46.7 cm³/mol. The first-order valence-electron chi connectivity index (χ1n) is 3.66. The highest BCUT2D eigenvalue weighted by Crippen LogP contribution is 2.10. The van der Waals surface area contributed by atoms with Gasteiger partial charge in [-0.2, -0.15) is 0 Å². The van der Waals surface area contributed by atoms with Crippen LogP contribution in [0, 0.1) is 6.92 Å². The molecule has 0 spiro atoms. The average Bonchev–Trinajstić information content (AvgIpc) is 2.03. The van der Waals surface area contributed by atoms with E-state index in [2.05, 4.69) is 0 Å². The van der Waals surface area contributed by atoms with Gasteiger partial charge >= 0.3 is 5.97 Å². The molecule has 0 heterocycles. The first kappa shape index (κ1) is 9.25. The van der Waals surface area contributed by atoms with Crippen molar-refractivity contribution < 1.29 is 14.7 Å². The van der Waals surface area contributed by atoms with E-state index in [0.717, 1.165) is 5.56 Å². The lowest BCUT2D eigenvalue weighted by Crippen LogP contribution is -2.16. The fourth-order valence-electron chi connectivity index (χ4n) is 1.05. The highest BCUT2D eigenvalue weighted by Gasteiger charge is 2.13. The van der Waals surface area contributed by atoms with Crippen molar-refractivity contribution in [3.8, 4) is 0 Å². The largest absolute Gasteiger partial charge is 0.478 e. The van der Waals surface area contributed by atoms with Crippen LogP contribution < -0.4 is 5.73 Å². The Hall–Kier alpha value is -1.84. The van der Waals surface area contributed by atoms with Crippen molar-refractivity contribution in [2.75, 3.05) is 0 Å². The second kappa shape index (κ2) is 3.26. The van der Waals surface area contributed by atoms with Gasteiger partial charge in [-0.15, -0.1) is 0 Å². The van der Waals surface area contributed by atoms with Gasteiger partial charge in [0, 0.05) is 0 Å². The minimum atomic E-state index is -1.14. The van der Waals surface area contributed by atoms with Crippen LogP contribution in [-0.4, -0.2) is 17.0 Å². The van der Waals surface area contributed by atoms with Crippen LogP contribution in [0.3, 0.4) is 0 Å². The number of carboxylic acids is 1. The predicted octanol–water partition coefficient (Wildman–Crippen LogP) is 0.792. The summed E-state index contributed by atoms with van der Waals surface area (Å²) in [6, 6.07) is 4.48. The van der Waals surface area contributed by atoms with E-state index < -0.39 is 11.9 Å². The van der Waals surface area contributed by atoms with E-state index in [0.29, 0.717) is 0 Å². The number of carbonyl (C=O) groups is 2. The van der Waals surface area contributed by atoms with Crippen molar-refractivity contribution in [1.82, 2.24) is 0 Å². The summed E-state index contributed by atoms with van der Waals surface area (Å²) in [6.45, 7) is 1.75. The van der Waals surface area contributed by atoms with Gasteiger partial charge in [-0.05, 0) is 19.1 Å². The Morgan fingerprint density at radius 3 is 2.38 bits per heavy atom. The molecule has 1 aromatic rings. The molecule has 3 N–H and O–H groups in total. The molecule has 0 aliphatic heterocycles. The van der Waals surface area contributed by atoms with Crippen LogP contribution in [0.4, 0.5) is 0 Å². The first-order chi connectivity index (χ1) is 6.02. The molecule has 0 atom stereocenters. The number of amides is 1. The fourth-order valence-corrected chi connectivity index (χ4v) is 1.05. The standard InChI is InChI=1S/C9H9NO3/c1-5-2-3-6(8(10)11)7(4-5)9(12)13/h2-4H,1H3,(H2,10,11)(H,12,13). The van der Waals surface area contributed by atoms with Crippen LogP contribution in [-0.2, 0) is 0 Å². The molecule has 0 radical (unpaired) electrons. The molecule has 0 unspecified atom stereocenters. The molecule has 1 aromatic carbocycles. The number of rotatable bonds is 2. The molecule has 0 saturated carbocycles. The maximum Gasteiger partial charge on any atom is 0.336 e. The molecule has 0 bridgehead atoms. The molecule has 0 aliphatic rings. The summed E-state index contributed by atoms with van der Waals surface area (Å²) in [4.78, 5) is 21.5. The quantitative estimate of drug-likeness (QED) is 0.704. The van der Waals surface area contributed by atoms with Crippen LogP contribution in [0.15, 0.2) is 18.2 Å². The van der Waals surface area contributed by atoms with Gasteiger partial charge in [0.05, 0.1) is 11.1 Å². The number of hydrogen-bond acceptors (Lipinski definition) is 2. The summed E-state index contributed by atoms with van der Waals surface area (Å²) in [7, 11) is 0. The lowest BCUT2D eigenvalue weighted by Gasteiger charge is -2.02. The summed E-state index contributed by atoms with van der Waals surface area (Å²) in [6.07, 6.45) is 0. The molecule has 4 nitrogen and oxygen atoms in total. The minimum Gasteiger partial charge on any atom is -0.478 e. The number of hydrogen-bond donors (Lipinski definition) is 2. The Bertz CT molecular complexity index is 371. The zero-order valence-corrected chi connectivity index (χ0v) is 7.07. The third kappa shape index (κ3) is 1.84. The molecule has 0 aromatic heterocycles. The SMILES string of the molecule is Cc1ccc(C(N)=O)c(C(=O)O)c1. The van der Waals surface area contributed by atoms with Crippen molar-refractivity contribution in [3.05, 3.63) is 34.9 Å². The lowest BCUT2D eigenvalue weighted by molar-refractivity contribution is 0.0692. The van der Waals surface area contributed by atoms with Crippen LogP contribution in [0.25, 0.3) is 0 Å². The molecular weight excluding hydrogens is 170 g/mol. The molecule has 1 amide bonds. The number of aryl methyl sites for hydroxylation is 1. The van der Waals surface area contributed by atoms with Crippen molar-refractivity contribution in [3.63, 3.8) is 0 Å². The Kier molecular flexibility index (Phi) is 2.32. The van der Waals surface area contributed by atoms with E-state index in [1.165, 1.54) is 12.1 Å². The molecule has 4 heteroatoms. The van der Waals surface area contributed by atoms with Crippen molar-refractivity contribution in [2.24, 2.45) is 5.73 Å². The summed E-state index contributed by atoms with van der Waals surface area (Å²) < 4.78 is 0. The van der Waals surface area contributed by atoms with Gasteiger partial charge in [-0.3, -0.25) is 4.79 Å². The molecule has 0 saturated heterocycles. The monoisotopic (exact) mass is 179 g/mol. The highest BCUT2D eigenvalue weighted by atomic mass is 16.4. The molecule has 13 heavy (non-hydrogen) atoms. The Labute approximate surface area is 75.0 Å². The van der Waals surface area contributed by atoms with Crippen LogP contribution in [0.2, 0.25) is 0 Å². The fraction of sp³-hybridized carbons (Fsp3) is 0.111. The number of carboxylic acid groups (broad SMARTS) is 1. The van der Waals surface area contributed by atoms with Gasteiger partial charge in [0.15, 0.2) is 0 Å². The third-order valence-electron chi connectivity index (χ3n) is 1.67.